The van der Waals surface area contributed by atoms with Crippen LogP contribution in [0.4, 0.5) is 0 Å². The van der Waals surface area contributed by atoms with Gasteiger partial charge in [-0.3, -0.25) is 9.69 Å². The van der Waals surface area contributed by atoms with Gasteiger partial charge in [-0.15, -0.1) is 0 Å². The summed E-state index contributed by atoms with van der Waals surface area (Å²) in [5.74, 6) is 1.61. The van der Waals surface area contributed by atoms with E-state index in [0.29, 0.717) is 11.7 Å². The highest BCUT2D eigenvalue weighted by atomic mass is 16.1. The van der Waals surface area contributed by atoms with Crippen LogP contribution < -0.4 is 0 Å². The van der Waals surface area contributed by atoms with Crippen LogP contribution in [0, 0.1) is 11.8 Å². The molecule has 3 unspecified atom stereocenters. The minimum Gasteiger partial charge on any atom is -0.301 e. The summed E-state index contributed by atoms with van der Waals surface area (Å²) in [4.78, 5) is 17.4. The third-order valence-electron chi connectivity index (χ3n) is 5.39. The zero-order valence-electron chi connectivity index (χ0n) is 12.3. The molecule has 108 valence electrons. The van der Waals surface area contributed by atoms with Gasteiger partial charge in [0.15, 0.2) is 0 Å². The molecule has 3 rings (SSSR count). The standard InChI is InChI=1S/C16H28N2O/c1-13-5-6-16(19)14(10-13)11-17-7-3-9-18-8-2-4-15(18)12-17/h13-15H,2-12H2,1H3. The Kier molecular flexibility index (Phi) is 4.23. The lowest BCUT2D eigenvalue weighted by Gasteiger charge is -2.32. The Hall–Kier alpha value is -0.410. The molecule has 1 aliphatic carbocycles. The quantitative estimate of drug-likeness (QED) is 0.763. The molecule has 3 fully saturated rings. The maximum atomic E-state index is 12.1. The summed E-state index contributed by atoms with van der Waals surface area (Å²) >= 11 is 0. The summed E-state index contributed by atoms with van der Waals surface area (Å²) in [7, 11) is 0. The van der Waals surface area contributed by atoms with E-state index in [1.54, 1.807) is 0 Å². The fourth-order valence-corrected chi connectivity index (χ4v) is 4.26. The lowest BCUT2D eigenvalue weighted by atomic mass is 9.81. The number of hydrogen-bond acceptors (Lipinski definition) is 3. The van der Waals surface area contributed by atoms with E-state index in [2.05, 4.69) is 16.7 Å². The largest absolute Gasteiger partial charge is 0.301 e. The van der Waals surface area contributed by atoms with Crippen molar-refractivity contribution in [1.82, 2.24) is 9.80 Å². The van der Waals surface area contributed by atoms with Crippen molar-refractivity contribution in [3.63, 3.8) is 0 Å². The van der Waals surface area contributed by atoms with Gasteiger partial charge in [-0.1, -0.05) is 6.92 Å². The molecule has 0 spiro atoms. The van der Waals surface area contributed by atoms with Crippen LogP contribution in [-0.4, -0.2) is 54.3 Å². The van der Waals surface area contributed by atoms with E-state index in [1.165, 1.54) is 45.4 Å². The number of fused-ring (bicyclic) bond motifs is 1. The number of nitrogens with zero attached hydrogens (tertiary/aromatic N) is 2. The monoisotopic (exact) mass is 264 g/mol. The second-order valence-corrected chi connectivity index (χ2v) is 6.99. The van der Waals surface area contributed by atoms with Crippen LogP contribution in [0.3, 0.4) is 0 Å². The van der Waals surface area contributed by atoms with E-state index in [4.69, 9.17) is 0 Å². The highest BCUT2D eigenvalue weighted by molar-refractivity contribution is 5.81. The number of rotatable bonds is 2. The Bertz CT molecular complexity index is 331. The first-order chi connectivity index (χ1) is 9.22. The van der Waals surface area contributed by atoms with Gasteiger partial charge in [0.1, 0.15) is 5.78 Å². The third-order valence-corrected chi connectivity index (χ3v) is 5.39. The fourth-order valence-electron chi connectivity index (χ4n) is 4.26. The SMILES string of the molecule is CC1CCC(=O)C(CN2CCCN3CCCC3C2)C1. The first-order valence-corrected chi connectivity index (χ1v) is 8.21. The molecular formula is C16H28N2O. The molecular weight excluding hydrogens is 236 g/mol. The molecule has 0 amide bonds. The molecule has 3 nitrogen and oxygen atoms in total. The molecule has 0 aromatic rings. The topological polar surface area (TPSA) is 23.6 Å². The van der Waals surface area contributed by atoms with E-state index in [1.807, 2.05) is 0 Å². The molecule has 2 saturated heterocycles. The highest BCUT2D eigenvalue weighted by Crippen LogP contribution is 2.28. The van der Waals surface area contributed by atoms with Crippen molar-refractivity contribution in [2.45, 2.75) is 51.5 Å². The Balaban J connectivity index is 1.57. The molecule has 0 aromatic carbocycles. The van der Waals surface area contributed by atoms with Gasteiger partial charge >= 0.3 is 0 Å². The summed E-state index contributed by atoms with van der Waals surface area (Å²) in [6.07, 6.45) is 7.10. The van der Waals surface area contributed by atoms with Crippen LogP contribution >= 0.6 is 0 Å². The average molecular weight is 264 g/mol. The van der Waals surface area contributed by atoms with Gasteiger partial charge in [-0.05, 0) is 57.7 Å². The van der Waals surface area contributed by atoms with Gasteiger partial charge in [-0.25, -0.2) is 0 Å². The normalized spacial score (nSPS) is 38.2. The van der Waals surface area contributed by atoms with Gasteiger partial charge in [-0.2, -0.15) is 0 Å². The van der Waals surface area contributed by atoms with Crippen LogP contribution in [0.2, 0.25) is 0 Å². The second kappa shape index (κ2) is 5.92. The number of Topliss-reactive ketones (excluding diaryl/α,β-unsaturated/α-hetero) is 1. The van der Waals surface area contributed by atoms with Gasteiger partial charge in [0.05, 0.1) is 0 Å². The first kappa shape index (κ1) is 13.6. The zero-order valence-corrected chi connectivity index (χ0v) is 12.3. The summed E-state index contributed by atoms with van der Waals surface area (Å²) < 4.78 is 0. The predicted octanol–water partition coefficient (Wildman–Crippen LogP) is 2.16. The van der Waals surface area contributed by atoms with E-state index in [0.717, 1.165) is 37.8 Å². The van der Waals surface area contributed by atoms with Gasteiger partial charge in [0, 0.05) is 31.5 Å². The molecule has 0 N–H and O–H groups in total. The van der Waals surface area contributed by atoms with E-state index in [9.17, 15) is 4.79 Å². The maximum Gasteiger partial charge on any atom is 0.137 e. The number of carbonyl (C=O) groups is 1. The highest BCUT2D eigenvalue weighted by Gasteiger charge is 2.32. The predicted molar refractivity (Wildman–Crippen MR) is 77.2 cm³/mol. The molecule has 0 bridgehead atoms. The number of carbonyl (C=O) groups excluding carboxylic acids is 1. The van der Waals surface area contributed by atoms with Crippen molar-refractivity contribution in [3.05, 3.63) is 0 Å². The first-order valence-electron chi connectivity index (χ1n) is 8.21. The fraction of sp³-hybridized carbons (Fsp3) is 0.938. The lowest BCUT2D eigenvalue weighted by molar-refractivity contribution is -0.126. The summed E-state index contributed by atoms with van der Waals surface area (Å²) in [5.41, 5.74) is 0. The van der Waals surface area contributed by atoms with Gasteiger partial charge in [0.2, 0.25) is 0 Å². The van der Waals surface area contributed by atoms with Crippen molar-refractivity contribution in [1.29, 1.82) is 0 Å². The van der Waals surface area contributed by atoms with Crippen molar-refractivity contribution >= 4 is 5.78 Å². The lowest BCUT2D eigenvalue weighted by Crippen LogP contribution is -2.41. The molecule has 0 aromatic heterocycles. The number of ketones is 1. The average Bonchev–Trinajstić information content (AvgIpc) is 2.73. The van der Waals surface area contributed by atoms with Gasteiger partial charge < -0.3 is 4.90 Å². The Morgan fingerprint density at radius 3 is 2.89 bits per heavy atom. The molecule has 2 aliphatic heterocycles. The van der Waals surface area contributed by atoms with Crippen LogP contribution in [0.25, 0.3) is 0 Å². The third kappa shape index (κ3) is 3.19. The van der Waals surface area contributed by atoms with E-state index in [-0.39, 0.29) is 0 Å². The van der Waals surface area contributed by atoms with Crippen LogP contribution in [0.15, 0.2) is 0 Å². The maximum absolute atomic E-state index is 12.1. The smallest absolute Gasteiger partial charge is 0.137 e. The molecule has 3 atom stereocenters. The van der Waals surface area contributed by atoms with E-state index < -0.39 is 0 Å². The molecule has 1 saturated carbocycles. The Morgan fingerprint density at radius 1 is 1.16 bits per heavy atom. The minimum absolute atomic E-state index is 0.330. The molecule has 3 aliphatic rings. The second-order valence-electron chi connectivity index (χ2n) is 6.99. The molecule has 19 heavy (non-hydrogen) atoms. The summed E-state index contributed by atoms with van der Waals surface area (Å²) in [6.45, 7) is 8.32. The summed E-state index contributed by atoms with van der Waals surface area (Å²) in [6, 6.07) is 0.776. The van der Waals surface area contributed by atoms with Crippen molar-refractivity contribution in [2.24, 2.45) is 11.8 Å². The zero-order chi connectivity index (χ0) is 13.2. The Morgan fingerprint density at radius 2 is 2.00 bits per heavy atom. The van der Waals surface area contributed by atoms with Crippen molar-refractivity contribution in [3.8, 4) is 0 Å². The number of hydrogen-bond donors (Lipinski definition) is 0. The summed E-state index contributed by atoms with van der Waals surface area (Å²) in [5, 5.41) is 0. The minimum atomic E-state index is 0.330. The van der Waals surface area contributed by atoms with Crippen LogP contribution in [-0.2, 0) is 4.79 Å². The Labute approximate surface area is 117 Å². The molecule has 3 heteroatoms. The van der Waals surface area contributed by atoms with Crippen molar-refractivity contribution in [2.75, 3.05) is 32.7 Å². The molecule has 2 heterocycles. The van der Waals surface area contributed by atoms with Crippen LogP contribution in [0.1, 0.15) is 45.4 Å². The van der Waals surface area contributed by atoms with Gasteiger partial charge in [0.25, 0.3) is 0 Å². The van der Waals surface area contributed by atoms with E-state index >= 15 is 0 Å². The van der Waals surface area contributed by atoms with Crippen LogP contribution in [0.5, 0.6) is 0 Å². The van der Waals surface area contributed by atoms with Crippen molar-refractivity contribution < 1.29 is 4.79 Å². The molecule has 0 radical (unpaired) electrons.